The molecule has 5 nitrogen and oxygen atoms in total. The second kappa shape index (κ2) is 8.64. The van der Waals surface area contributed by atoms with Crippen LogP contribution in [0.1, 0.15) is 27.4 Å². The van der Waals surface area contributed by atoms with Crippen molar-refractivity contribution in [3.8, 4) is 0 Å². The standard InChI is InChI=1S/C21H21ClN4O/c1-14-5-3-8-18(11-14)26-20-13-19(24-15(2)25-20)21(27)23-10-9-16-6-4-7-17(22)12-16/h3-8,11-13H,9-10H2,1-2H3,(H,23,27)(H,24,25,26). The van der Waals surface area contributed by atoms with Crippen molar-refractivity contribution in [2.45, 2.75) is 20.3 Å². The van der Waals surface area contributed by atoms with Crippen LogP contribution in [0.25, 0.3) is 0 Å². The van der Waals surface area contributed by atoms with Gasteiger partial charge in [-0.05, 0) is 55.7 Å². The summed E-state index contributed by atoms with van der Waals surface area (Å²) in [5.74, 6) is 0.899. The highest BCUT2D eigenvalue weighted by Gasteiger charge is 2.10. The van der Waals surface area contributed by atoms with E-state index in [1.54, 1.807) is 13.0 Å². The monoisotopic (exact) mass is 380 g/mol. The normalized spacial score (nSPS) is 10.5. The summed E-state index contributed by atoms with van der Waals surface area (Å²) < 4.78 is 0. The summed E-state index contributed by atoms with van der Waals surface area (Å²) in [6.45, 7) is 4.29. The summed E-state index contributed by atoms with van der Waals surface area (Å²) in [7, 11) is 0. The van der Waals surface area contributed by atoms with Crippen LogP contribution in [0.2, 0.25) is 5.02 Å². The zero-order valence-corrected chi connectivity index (χ0v) is 16.0. The molecule has 0 fully saturated rings. The van der Waals surface area contributed by atoms with Crippen molar-refractivity contribution in [1.82, 2.24) is 15.3 Å². The maximum Gasteiger partial charge on any atom is 0.270 e. The number of benzene rings is 2. The van der Waals surface area contributed by atoms with Crippen molar-refractivity contribution in [3.63, 3.8) is 0 Å². The molecule has 0 spiro atoms. The smallest absolute Gasteiger partial charge is 0.270 e. The molecular weight excluding hydrogens is 360 g/mol. The number of nitrogens with zero attached hydrogens (tertiary/aromatic N) is 2. The molecule has 27 heavy (non-hydrogen) atoms. The summed E-state index contributed by atoms with van der Waals surface area (Å²) in [4.78, 5) is 21.1. The van der Waals surface area contributed by atoms with Crippen LogP contribution in [0, 0.1) is 13.8 Å². The molecule has 0 unspecified atom stereocenters. The van der Waals surface area contributed by atoms with Crippen molar-refractivity contribution < 1.29 is 4.79 Å². The third-order valence-corrected chi connectivity index (χ3v) is 4.18. The first-order valence-electron chi connectivity index (χ1n) is 8.71. The Morgan fingerprint density at radius 1 is 1.04 bits per heavy atom. The molecule has 138 valence electrons. The summed E-state index contributed by atoms with van der Waals surface area (Å²) in [6.07, 6.45) is 0.699. The van der Waals surface area contributed by atoms with Crippen molar-refractivity contribution in [2.75, 3.05) is 11.9 Å². The first-order chi connectivity index (χ1) is 13.0. The van der Waals surface area contributed by atoms with Gasteiger partial charge in [-0.3, -0.25) is 4.79 Å². The third-order valence-electron chi connectivity index (χ3n) is 3.95. The van der Waals surface area contributed by atoms with Crippen molar-refractivity contribution >= 4 is 29.0 Å². The number of nitrogens with one attached hydrogen (secondary N) is 2. The Bertz CT molecular complexity index is 958. The Balaban J connectivity index is 1.65. The van der Waals surface area contributed by atoms with Gasteiger partial charge in [0.25, 0.3) is 5.91 Å². The number of aryl methyl sites for hydroxylation is 2. The molecule has 3 rings (SSSR count). The van der Waals surface area contributed by atoms with E-state index in [4.69, 9.17) is 11.6 Å². The van der Waals surface area contributed by atoms with E-state index in [-0.39, 0.29) is 5.91 Å². The molecule has 0 saturated carbocycles. The molecule has 3 aromatic rings. The predicted octanol–water partition coefficient (Wildman–Crippen LogP) is 4.46. The predicted molar refractivity (Wildman–Crippen MR) is 109 cm³/mol. The highest BCUT2D eigenvalue weighted by atomic mass is 35.5. The van der Waals surface area contributed by atoms with Crippen LogP contribution in [0.15, 0.2) is 54.6 Å². The highest BCUT2D eigenvalue weighted by Crippen LogP contribution is 2.17. The molecule has 0 aliphatic heterocycles. The number of anilines is 2. The maximum atomic E-state index is 12.5. The molecule has 2 N–H and O–H groups in total. The molecule has 2 aromatic carbocycles. The molecule has 0 aliphatic carbocycles. The number of aromatic nitrogens is 2. The maximum absolute atomic E-state index is 12.5. The van der Waals surface area contributed by atoms with E-state index in [0.717, 1.165) is 16.8 Å². The van der Waals surface area contributed by atoms with Gasteiger partial charge in [-0.15, -0.1) is 0 Å². The molecule has 1 amide bonds. The molecule has 0 saturated heterocycles. The Morgan fingerprint density at radius 2 is 1.85 bits per heavy atom. The minimum Gasteiger partial charge on any atom is -0.350 e. The first kappa shape index (κ1) is 18.9. The van der Waals surface area contributed by atoms with Gasteiger partial charge in [-0.1, -0.05) is 35.9 Å². The second-order valence-corrected chi connectivity index (χ2v) is 6.75. The molecule has 6 heteroatoms. The van der Waals surface area contributed by atoms with E-state index in [2.05, 4.69) is 20.6 Å². The minimum atomic E-state index is -0.227. The summed E-state index contributed by atoms with van der Waals surface area (Å²) >= 11 is 5.98. The van der Waals surface area contributed by atoms with E-state index in [9.17, 15) is 4.79 Å². The third kappa shape index (κ3) is 5.53. The molecule has 0 atom stereocenters. The van der Waals surface area contributed by atoms with Crippen molar-refractivity contribution in [1.29, 1.82) is 0 Å². The van der Waals surface area contributed by atoms with Crippen molar-refractivity contribution in [2.24, 2.45) is 0 Å². The molecule has 0 bridgehead atoms. The number of carbonyl (C=O) groups is 1. The van der Waals surface area contributed by atoms with Crippen LogP contribution in [0.4, 0.5) is 11.5 Å². The largest absolute Gasteiger partial charge is 0.350 e. The molecular formula is C21H21ClN4O. The average Bonchev–Trinajstić information content (AvgIpc) is 2.61. The summed E-state index contributed by atoms with van der Waals surface area (Å²) in [6, 6.07) is 17.2. The number of carbonyl (C=O) groups excluding carboxylic acids is 1. The van der Waals surface area contributed by atoms with E-state index in [1.807, 2.05) is 55.5 Å². The lowest BCUT2D eigenvalue weighted by atomic mass is 10.1. The SMILES string of the molecule is Cc1cccc(Nc2cc(C(=O)NCCc3cccc(Cl)c3)nc(C)n2)c1. The van der Waals surface area contributed by atoms with E-state index in [1.165, 1.54) is 0 Å². The number of rotatable bonds is 6. The van der Waals surface area contributed by atoms with Gasteiger partial charge >= 0.3 is 0 Å². The fourth-order valence-corrected chi connectivity index (χ4v) is 2.94. The van der Waals surface area contributed by atoms with Crippen LogP contribution in [-0.2, 0) is 6.42 Å². The minimum absolute atomic E-state index is 0.227. The molecule has 0 aliphatic rings. The zero-order valence-electron chi connectivity index (χ0n) is 15.3. The van der Waals surface area contributed by atoms with E-state index < -0.39 is 0 Å². The van der Waals surface area contributed by atoms with Crippen LogP contribution in [-0.4, -0.2) is 22.4 Å². The van der Waals surface area contributed by atoms with Crippen molar-refractivity contribution in [3.05, 3.63) is 82.3 Å². The Morgan fingerprint density at radius 3 is 2.63 bits per heavy atom. The first-order valence-corrected chi connectivity index (χ1v) is 9.09. The van der Waals surface area contributed by atoms with Gasteiger partial charge < -0.3 is 10.6 Å². The average molecular weight is 381 g/mol. The number of hydrogen-bond donors (Lipinski definition) is 2. The molecule has 1 aromatic heterocycles. The molecule has 1 heterocycles. The number of hydrogen-bond acceptors (Lipinski definition) is 4. The lowest BCUT2D eigenvalue weighted by molar-refractivity contribution is 0.0949. The number of halogens is 1. The Labute approximate surface area is 163 Å². The van der Waals surface area contributed by atoms with Gasteiger partial charge in [0.15, 0.2) is 0 Å². The van der Waals surface area contributed by atoms with Crippen LogP contribution >= 0.6 is 11.6 Å². The lowest BCUT2D eigenvalue weighted by Crippen LogP contribution is -2.27. The van der Waals surface area contributed by atoms with Gasteiger partial charge in [-0.25, -0.2) is 9.97 Å². The lowest BCUT2D eigenvalue weighted by Gasteiger charge is -2.10. The quantitative estimate of drug-likeness (QED) is 0.662. The summed E-state index contributed by atoms with van der Waals surface area (Å²) in [5, 5.41) is 6.81. The summed E-state index contributed by atoms with van der Waals surface area (Å²) in [5.41, 5.74) is 3.47. The fraction of sp³-hybridized carbons (Fsp3) is 0.190. The van der Waals surface area contributed by atoms with Gasteiger partial charge in [0.2, 0.25) is 0 Å². The fourth-order valence-electron chi connectivity index (χ4n) is 2.72. The Hall–Kier alpha value is -2.92. The highest BCUT2D eigenvalue weighted by molar-refractivity contribution is 6.30. The molecule has 0 radical (unpaired) electrons. The van der Waals surface area contributed by atoms with Gasteiger partial charge in [-0.2, -0.15) is 0 Å². The van der Waals surface area contributed by atoms with E-state index in [0.29, 0.717) is 35.3 Å². The van der Waals surface area contributed by atoms with Crippen LogP contribution in [0.5, 0.6) is 0 Å². The Kier molecular flexibility index (Phi) is 6.04. The number of amides is 1. The van der Waals surface area contributed by atoms with Crippen LogP contribution < -0.4 is 10.6 Å². The van der Waals surface area contributed by atoms with Gasteiger partial charge in [0.1, 0.15) is 17.3 Å². The topological polar surface area (TPSA) is 66.9 Å². The van der Waals surface area contributed by atoms with Gasteiger partial charge in [0, 0.05) is 23.3 Å². The van der Waals surface area contributed by atoms with Gasteiger partial charge in [0.05, 0.1) is 0 Å². The van der Waals surface area contributed by atoms with E-state index >= 15 is 0 Å². The zero-order chi connectivity index (χ0) is 19.2. The second-order valence-electron chi connectivity index (χ2n) is 6.32. The van der Waals surface area contributed by atoms with Crippen LogP contribution in [0.3, 0.4) is 0 Å².